The maximum Gasteiger partial charge on any atom is 0.161 e. The first kappa shape index (κ1) is 20.6. The van der Waals surface area contributed by atoms with Crippen molar-refractivity contribution in [2.45, 2.75) is 38.8 Å². The summed E-state index contributed by atoms with van der Waals surface area (Å²) in [5, 5.41) is 0. The van der Waals surface area contributed by atoms with Crippen molar-refractivity contribution in [2.24, 2.45) is 0 Å². The highest BCUT2D eigenvalue weighted by Gasteiger charge is 2.23. The SMILES string of the molecule is CCOc1cc(CN2CCC[C@@H](N(C)CCc3ccccn3)C2)ccc1OC. The quantitative estimate of drug-likeness (QED) is 0.661. The van der Waals surface area contributed by atoms with Crippen LogP contribution in [0.4, 0.5) is 0 Å². The molecule has 0 amide bonds. The van der Waals surface area contributed by atoms with Crippen molar-refractivity contribution in [3.63, 3.8) is 0 Å². The molecule has 1 fully saturated rings. The number of benzene rings is 1. The second-order valence-corrected chi connectivity index (χ2v) is 7.50. The number of nitrogens with zero attached hydrogens (tertiary/aromatic N) is 3. The molecule has 0 radical (unpaired) electrons. The van der Waals surface area contributed by atoms with Gasteiger partial charge in [0.1, 0.15) is 0 Å². The molecular formula is C23H33N3O2. The average molecular weight is 384 g/mol. The number of hydrogen-bond donors (Lipinski definition) is 0. The lowest BCUT2D eigenvalue weighted by atomic mass is 10.0. The van der Waals surface area contributed by atoms with E-state index in [9.17, 15) is 0 Å². The van der Waals surface area contributed by atoms with E-state index < -0.39 is 0 Å². The molecular weight excluding hydrogens is 350 g/mol. The molecule has 0 unspecified atom stereocenters. The Kier molecular flexibility index (Phi) is 7.69. The maximum atomic E-state index is 5.73. The van der Waals surface area contributed by atoms with Crippen LogP contribution in [0.15, 0.2) is 42.6 Å². The van der Waals surface area contributed by atoms with Gasteiger partial charge in [0.2, 0.25) is 0 Å². The molecule has 1 atom stereocenters. The Morgan fingerprint density at radius 2 is 2.11 bits per heavy atom. The molecule has 28 heavy (non-hydrogen) atoms. The number of piperidine rings is 1. The topological polar surface area (TPSA) is 37.8 Å². The largest absolute Gasteiger partial charge is 0.493 e. The molecule has 0 spiro atoms. The second-order valence-electron chi connectivity index (χ2n) is 7.50. The Labute approximate surface area is 169 Å². The zero-order chi connectivity index (χ0) is 19.8. The van der Waals surface area contributed by atoms with Gasteiger partial charge >= 0.3 is 0 Å². The third kappa shape index (κ3) is 5.69. The zero-order valence-corrected chi connectivity index (χ0v) is 17.4. The lowest BCUT2D eigenvalue weighted by Gasteiger charge is -2.37. The lowest BCUT2D eigenvalue weighted by molar-refractivity contribution is 0.112. The fraction of sp³-hybridized carbons (Fsp3) is 0.522. The number of rotatable bonds is 9. The van der Waals surface area contributed by atoms with Crippen molar-refractivity contribution < 1.29 is 9.47 Å². The first-order valence-corrected chi connectivity index (χ1v) is 10.3. The molecule has 0 bridgehead atoms. The van der Waals surface area contributed by atoms with Gasteiger partial charge in [-0.15, -0.1) is 0 Å². The van der Waals surface area contributed by atoms with Crippen LogP contribution >= 0.6 is 0 Å². The third-order valence-electron chi connectivity index (χ3n) is 5.48. The van der Waals surface area contributed by atoms with Crippen LogP contribution < -0.4 is 9.47 Å². The van der Waals surface area contributed by atoms with Crippen molar-refractivity contribution in [2.75, 3.05) is 40.4 Å². The average Bonchev–Trinajstić information content (AvgIpc) is 2.73. The highest BCUT2D eigenvalue weighted by Crippen LogP contribution is 2.29. The summed E-state index contributed by atoms with van der Waals surface area (Å²) in [7, 11) is 3.94. The Bertz CT molecular complexity index is 723. The van der Waals surface area contributed by atoms with Gasteiger partial charge in [0.05, 0.1) is 13.7 Å². The third-order valence-corrected chi connectivity index (χ3v) is 5.48. The van der Waals surface area contributed by atoms with Gasteiger partial charge in [0.15, 0.2) is 11.5 Å². The van der Waals surface area contributed by atoms with Crippen molar-refractivity contribution in [3.05, 3.63) is 53.9 Å². The van der Waals surface area contributed by atoms with Crippen LogP contribution in [0.25, 0.3) is 0 Å². The molecule has 0 saturated carbocycles. The summed E-state index contributed by atoms with van der Waals surface area (Å²) in [4.78, 5) is 9.50. The van der Waals surface area contributed by atoms with Crippen LogP contribution in [-0.2, 0) is 13.0 Å². The predicted molar refractivity (Wildman–Crippen MR) is 113 cm³/mol. The van der Waals surface area contributed by atoms with Gasteiger partial charge in [0.25, 0.3) is 0 Å². The zero-order valence-electron chi connectivity index (χ0n) is 17.4. The summed E-state index contributed by atoms with van der Waals surface area (Å²) >= 11 is 0. The fourth-order valence-electron chi connectivity index (χ4n) is 3.90. The molecule has 1 aliphatic rings. The Morgan fingerprint density at radius 1 is 1.21 bits per heavy atom. The summed E-state index contributed by atoms with van der Waals surface area (Å²) in [6.07, 6.45) is 5.39. The van der Waals surface area contributed by atoms with E-state index in [4.69, 9.17) is 9.47 Å². The van der Waals surface area contributed by atoms with Crippen LogP contribution in [0, 0.1) is 0 Å². The van der Waals surface area contributed by atoms with Gasteiger partial charge in [-0.2, -0.15) is 0 Å². The number of likely N-dealkylation sites (N-methyl/N-ethyl adjacent to an activating group) is 1. The standard InChI is InChI=1S/C23H33N3O2/c1-4-28-23-16-19(10-11-22(23)27-3)17-26-14-7-9-21(18-26)25(2)15-12-20-8-5-6-13-24-20/h5-6,8,10-11,13,16,21H,4,7,9,12,14-15,17-18H2,1-3H3/t21-/m1/s1. The Morgan fingerprint density at radius 3 is 2.86 bits per heavy atom. The van der Waals surface area contributed by atoms with Crippen molar-refractivity contribution in [3.8, 4) is 11.5 Å². The maximum absolute atomic E-state index is 5.73. The minimum Gasteiger partial charge on any atom is -0.493 e. The molecule has 3 rings (SSSR count). The molecule has 1 saturated heterocycles. The van der Waals surface area contributed by atoms with Gasteiger partial charge in [-0.1, -0.05) is 12.1 Å². The summed E-state index contributed by atoms with van der Waals surface area (Å²) < 4.78 is 11.1. The summed E-state index contributed by atoms with van der Waals surface area (Å²) in [5.41, 5.74) is 2.45. The van der Waals surface area contributed by atoms with E-state index in [-0.39, 0.29) is 0 Å². The summed E-state index contributed by atoms with van der Waals surface area (Å²) in [5.74, 6) is 1.64. The smallest absolute Gasteiger partial charge is 0.161 e. The highest BCUT2D eigenvalue weighted by atomic mass is 16.5. The minimum absolute atomic E-state index is 0.599. The second kappa shape index (κ2) is 10.4. The van der Waals surface area contributed by atoms with Crippen molar-refractivity contribution in [1.82, 2.24) is 14.8 Å². The minimum atomic E-state index is 0.599. The molecule has 5 heteroatoms. The summed E-state index contributed by atoms with van der Waals surface area (Å²) in [6, 6.07) is 13.0. The van der Waals surface area contributed by atoms with Crippen molar-refractivity contribution >= 4 is 0 Å². The molecule has 0 N–H and O–H groups in total. The number of hydrogen-bond acceptors (Lipinski definition) is 5. The van der Waals surface area contributed by atoms with Gasteiger partial charge in [-0.3, -0.25) is 9.88 Å². The van der Waals surface area contributed by atoms with E-state index in [0.29, 0.717) is 12.6 Å². The predicted octanol–water partition coefficient (Wildman–Crippen LogP) is 3.63. The molecule has 152 valence electrons. The van der Waals surface area contributed by atoms with E-state index >= 15 is 0 Å². The number of aromatic nitrogens is 1. The van der Waals surface area contributed by atoms with Gasteiger partial charge in [-0.05, 0) is 63.2 Å². The lowest BCUT2D eigenvalue weighted by Crippen LogP contribution is -2.46. The first-order valence-electron chi connectivity index (χ1n) is 10.3. The molecule has 1 aliphatic heterocycles. The number of likely N-dealkylation sites (tertiary alicyclic amines) is 1. The number of ether oxygens (including phenoxy) is 2. The molecule has 1 aromatic heterocycles. The van der Waals surface area contributed by atoms with Crippen LogP contribution in [0.3, 0.4) is 0 Å². The Balaban J connectivity index is 1.55. The van der Waals surface area contributed by atoms with E-state index in [1.807, 2.05) is 25.3 Å². The fourth-order valence-corrected chi connectivity index (χ4v) is 3.90. The molecule has 0 aliphatic carbocycles. The Hall–Kier alpha value is -2.11. The van der Waals surface area contributed by atoms with Gasteiger partial charge in [0, 0.05) is 44.0 Å². The molecule has 2 aromatic rings. The van der Waals surface area contributed by atoms with Crippen LogP contribution in [0.1, 0.15) is 31.0 Å². The van der Waals surface area contributed by atoms with E-state index in [0.717, 1.165) is 44.1 Å². The van der Waals surface area contributed by atoms with Gasteiger partial charge < -0.3 is 14.4 Å². The number of pyridine rings is 1. The molecule has 2 heterocycles. The molecule has 5 nitrogen and oxygen atoms in total. The van der Waals surface area contributed by atoms with E-state index in [1.54, 1.807) is 7.11 Å². The van der Waals surface area contributed by atoms with E-state index in [1.165, 1.54) is 24.1 Å². The number of methoxy groups -OCH3 is 1. The molecule has 1 aromatic carbocycles. The highest BCUT2D eigenvalue weighted by molar-refractivity contribution is 5.43. The monoisotopic (exact) mass is 383 g/mol. The van der Waals surface area contributed by atoms with E-state index in [2.05, 4.69) is 46.1 Å². The van der Waals surface area contributed by atoms with Crippen LogP contribution in [-0.4, -0.2) is 61.2 Å². The normalized spacial score (nSPS) is 17.6. The van der Waals surface area contributed by atoms with Gasteiger partial charge in [-0.25, -0.2) is 0 Å². The van der Waals surface area contributed by atoms with Crippen LogP contribution in [0.5, 0.6) is 11.5 Å². The first-order chi connectivity index (χ1) is 13.7. The summed E-state index contributed by atoms with van der Waals surface area (Å²) in [6.45, 7) is 6.91. The van der Waals surface area contributed by atoms with Crippen molar-refractivity contribution in [1.29, 1.82) is 0 Å². The van der Waals surface area contributed by atoms with Crippen LogP contribution in [0.2, 0.25) is 0 Å².